The average molecular weight is 141 g/mol. The molecule has 2 fully saturated rings. The van der Waals surface area contributed by atoms with E-state index < -0.39 is 5.97 Å². The Balaban J connectivity index is 2.05. The third kappa shape index (κ3) is 0.611. The lowest BCUT2D eigenvalue weighted by Gasteiger charge is -2.03. The summed E-state index contributed by atoms with van der Waals surface area (Å²) in [5, 5.41) is 8.62. The highest BCUT2D eigenvalue weighted by molar-refractivity contribution is 5.74. The molecule has 0 saturated heterocycles. The van der Waals surface area contributed by atoms with E-state index in [1.54, 1.807) is 0 Å². The molecule has 2 saturated carbocycles. The Hall–Kier alpha value is -0.570. The number of aliphatic carboxylic acids is 1. The van der Waals surface area contributed by atoms with E-state index in [9.17, 15) is 4.79 Å². The van der Waals surface area contributed by atoms with E-state index in [-0.39, 0.29) is 12.0 Å². The zero-order chi connectivity index (χ0) is 7.30. The van der Waals surface area contributed by atoms with Crippen LogP contribution >= 0.6 is 0 Å². The molecule has 0 aromatic heterocycles. The van der Waals surface area contributed by atoms with Gasteiger partial charge in [-0.2, -0.15) is 0 Å². The van der Waals surface area contributed by atoms with E-state index in [1.165, 1.54) is 0 Å². The summed E-state index contributed by atoms with van der Waals surface area (Å²) in [6.45, 7) is 0. The van der Waals surface area contributed by atoms with Crippen molar-refractivity contribution >= 4 is 5.97 Å². The third-order valence-electron chi connectivity index (χ3n) is 2.84. The van der Waals surface area contributed by atoms with Crippen LogP contribution in [0.4, 0.5) is 0 Å². The van der Waals surface area contributed by atoms with E-state index in [1.807, 2.05) is 0 Å². The summed E-state index contributed by atoms with van der Waals surface area (Å²) in [6.07, 6.45) is 2.06. The zero-order valence-corrected chi connectivity index (χ0v) is 5.66. The van der Waals surface area contributed by atoms with Crippen LogP contribution in [0.2, 0.25) is 0 Å². The standard InChI is InChI=1S/C7H11NO2/c8-4-2-1-3-5(4)6(3)7(9)10/h3-6H,1-2,8H2,(H,9,10)/t3?,4?,5?,6-/m0/s1. The van der Waals surface area contributed by atoms with Gasteiger partial charge >= 0.3 is 5.97 Å². The number of rotatable bonds is 1. The Morgan fingerprint density at radius 2 is 2.20 bits per heavy atom. The first-order valence-electron chi connectivity index (χ1n) is 3.70. The quantitative estimate of drug-likeness (QED) is 0.542. The van der Waals surface area contributed by atoms with Crippen LogP contribution in [0.1, 0.15) is 12.8 Å². The van der Waals surface area contributed by atoms with Gasteiger partial charge in [0.25, 0.3) is 0 Å². The number of nitrogens with two attached hydrogens (primary N) is 1. The SMILES string of the molecule is NC1CCC2C1[C@H]2C(=O)O. The number of carboxylic acids is 1. The molecule has 56 valence electrons. The van der Waals surface area contributed by atoms with Crippen molar-refractivity contribution in [2.45, 2.75) is 18.9 Å². The molecule has 0 spiro atoms. The molecule has 0 aromatic carbocycles. The van der Waals surface area contributed by atoms with E-state index in [0.29, 0.717) is 11.8 Å². The maximum Gasteiger partial charge on any atom is 0.307 e. The third-order valence-corrected chi connectivity index (χ3v) is 2.84. The Kier molecular flexibility index (Phi) is 1.06. The molecule has 0 aromatic rings. The van der Waals surface area contributed by atoms with Crippen molar-refractivity contribution in [1.29, 1.82) is 0 Å². The summed E-state index contributed by atoms with van der Waals surface area (Å²) < 4.78 is 0. The highest BCUT2D eigenvalue weighted by Gasteiger charge is 2.60. The van der Waals surface area contributed by atoms with Gasteiger partial charge in [0.2, 0.25) is 0 Å². The number of hydrogen-bond donors (Lipinski definition) is 2. The number of carboxylic acid groups (broad SMARTS) is 1. The van der Waals surface area contributed by atoms with Gasteiger partial charge in [0.15, 0.2) is 0 Å². The summed E-state index contributed by atoms with van der Waals surface area (Å²) in [4.78, 5) is 10.5. The summed E-state index contributed by atoms with van der Waals surface area (Å²) in [7, 11) is 0. The summed E-state index contributed by atoms with van der Waals surface area (Å²) in [5.41, 5.74) is 5.68. The van der Waals surface area contributed by atoms with E-state index in [0.717, 1.165) is 12.8 Å². The van der Waals surface area contributed by atoms with E-state index in [2.05, 4.69) is 0 Å². The molecule has 2 aliphatic rings. The van der Waals surface area contributed by atoms with Crippen LogP contribution in [0.5, 0.6) is 0 Å². The minimum atomic E-state index is -0.648. The van der Waals surface area contributed by atoms with Crippen molar-refractivity contribution in [1.82, 2.24) is 0 Å². The molecule has 3 nitrogen and oxygen atoms in total. The largest absolute Gasteiger partial charge is 0.481 e. The van der Waals surface area contributed by atoms with Gasteiger partial charge in [-0.15, -0.1) is 0 Å². The lowest BCUT2D eigenvalue weighted by molar-refractivity contribution is -0.139. The number of fused-ring (bicyclic) bond motifs is 1. The summed E-state index contributed by atoms with van der Waals surface area (Å²) >= 11 is 0. The minimum Gasteiger partial charge on any atom is -0.481 e. The zero-order valence-electron chi connectivity index (χ0n) is 5.66. The van der Waals surface area contributed by atoms with Crippen molar-refractivity contribution in [3.05, 3.63) is 0 Å². The van der Waals surface area contributed by atoms with Crippen LogP contribution in [0.3, 0.4) is 0 Å². The van der Waals surface area contributed by atoms with Gasteiger partial charge in [-0.3, -0.25) is 4.79 Å². The van der Waals surface area contributed by atoms with Crippen molar-refractivity contribution in [3.8, 4) is 0 Å². The second kappa shape index (κ2) is 1.72. The fourth-order valence-electron chi connectivity index (χ4n) is 2.28. The fourth-order valence-corrected chi connectivity index (χ4v) is 2.28. The van der Waals surface area contributed by atoms with Gasteiger partial charge in [-0.1, -0.05) is 0 Å². The van der Waals surface area contributed by atoms with E-state index in [4.69, 9.17) is 10.8 Å². The van der Waals surface area contributed by atoms with Crippen LogP contribution in [0.15, 0.2) is 0 Å². The van der Waals surface area contributed by atoms with Gasteiger partial charge in [-0.25, -0.2) is 0 Å². The van der Waals surface area contributed by atoms with E-state index >= 15 is 0 Å². The second-order valence-corrected chi connectivity index (χ2v) is 3.35. The molecule has 4 atom stereocenters. The lowest BCUT2D eigenvalue weighted by atomic mass is 10.1. The van der Waals surface area contributed by atoms with Crippen molar-refractivity contribution in [3.63, 3.8) is 0 Å². The number of carbonyl (C=O) groups is 1. The molecule has 2 rings (SSSR count). The van der Waals surface area contributed by atoms with Crippen molar-refractivity contribution in [2.24, 2.45) is 23.5 Å². The lowest BCUT2D eigenvalue weighted by Crippen LogP contribution is -2.22. The predicted octanol–water partition coefficient (Wildman–Crippen LogP) is 0.0543. The van der Waals surface area contributed by atoms with Gasteiger partial charge in [0, 0.05) is 6.04 Å². The first-order valence-corrected chi connectivity index (χ1v) is 3.70. The molecule has 3 unspecified atom stereocenters. The van der Waals surface area contributed by atoms with Crippen LogP contribution in [0, 0.1) is 17.8 Å². The Labute approximate surface area is 59.2 Å². The average Bonchev–Trinajstić information content (AvgIpc) is 2.48. The normalized spacial score (nSPS) is 50.5. The maximum atomic E-state index is 10.5. The Bertz CT molecular complexity index is 180. The smallest absolute Gasteiger partial charge is 0.307 e. The van der Waals surface area contributed by atoms with Crippen LogP contribution < -0.4 is 5.73 Å². The molecule has 0 aliphatic heterocycles. The number of hydrogen-bond acceptors (Lipinski definition) is 2. The molecule has 3 heteroatoms. The van der Waals surface area contributed by atoms with Crippen LogP contribution in [-0.4, -0.2) is 17.1 Å². The van der Waals surface area contributed by atoms with Crippen LogP contribution in [0.25, 0.3) is 0 Å². The predicted molar refractivity (Wildman–Crippen MR) is 35.3 cm³/mol. The van der Waals surface area contributed by atoms with Crippen molar-refractivity contribution in [2.75, 3.05) is 0 Å². The molecule has 10 heavy (non-hydrogen) atoms. The highest BCUT2D eigenvalue weighted by atomic mass is 16.4. The molecule has 3 N–H and O–H groups in total. The van der Waals surface area contributed by atoms with Crippen molar-refractivity contribution < 1.29 is 9.90 Å². The van der Waals surface area contributed by atoms with Gasteiger partial charge in [0.05, 0.1) is 5.92 Å². The second-order valence-electron chi connectivity index (χ2n) is 3.35. The fraction of sp³-hybridized carbons (Fsp3) is 0.857. The molecule has 0 radical (unpaired) electrons. The minimum absolute atomic E-state index is 0.0938. The summed E-state index contributed by atoms with van der Waals surface area (Å²) in [5.74, 6) is -0.00102. The molecule has 0 heterocycles. The highest BCUT2D eigenvalue weighted by Crippen LogP contribution is 2.56. The molecule has 0 bridgehead atoms. The van der Waals surface area contributed by atoms with Gasteiger partial charge in [-0.05, 0) is 24.7 Å². The molecule has 2 aliphatic carbocycles. The maximum absolute atomic E-state index is 10.5. The Morgan fingerprint density at radius 3 is 2.50 bits per heavy atom. The molecule has 0 amide bonds. The topological polar surface area (TPSA) is 63.3 Å². The summed E-state index contributed by atoms with van der Waals surface area (Å²) in [6, 6.07) is 0.172. The van der Waals surface area contributed by atoms with Crippen LogP contribution in [-0.2, 0) is 4.79 Å². The first kappa shape index (κ1) is 6.16. The van der Waals surface area contributed by atoms with Gasteiger partial charge < -0.3 is 10.8 Å². The first-order chi connectivity index (χ1) is 4.72. The molecular weight excluding hydrogens is 130 g/mol. The molecular formula is C7H11NO2. The Morgan fingerprint density at radius 1 is 1.50 bits per heavy atom. The van der Waals surface area contributed by atoms with Gasteiger partial charge in [0.1, 0.15) is 0 Å². The monoisotopic (exact) mass is 141 g/mol.